The molecule has 1 rings (SSSR count). The fraction of sp³-hybridized carbons (Fsp3) is 0.286. The first-order valence-electron chi connectivity index (χ1n) is 5.76. The van der Waals surface area contributed by atoms with E-state index in [9.17, 15) is 9.59 Å². The minimum atomic E-state index is -1.01. The van der Waals surface area contributed by atoms with Gasteiger partial charge in [-0.15, -0.1) is 0 Å². The molecular weight excluding hydrogens is 264 g/mol. The summed E-state index contributed by atoms with van der Waals surface area (Å²) in [4.78, 5) is 21.7. The quantitative estimate of drug-likeness (QED) is 0.811. The summed E-state index contributed by atoms with van der Waals surface area (Å²) in [6.07, 6.45) is 4.62. The summed E-state index contributed by atoms with van der Waals surface area (Å²) >= 11 is 1.29. The zero-order chi connectivity index (χ0) is 14.3. The zero-order valence-electron chi connectivity index (χ0n) is 10.9. The molecule has 0 heterocycles. The van der Waals surface area contributed by atoms with Crippen LogP contribution in [0.5, 0.6) is 5.75 Å². The van der Waals surface area contributed by atoms with Crippen LogP contribution >= 0.6 is 11.8 Å². The van der Waals surface area contributed by atoms with Gasteiger partial charge >= 0.3 is 5.97 Å². The summed E-state index contributed by atoms with van der Waals surface area (Å²) in [5, 5.41) is 9.06. The standard InChI is InChI=1S/C14H16O4S/c1-10(15)19-8-4-3-5-11-6-7-12(14(16)17)13(9-11)18-2/h3,5-7,9H,4,8H2,1-2H3,(H,16,17). The van der Waals surface area contributed by atoms with Gasteiger partial charge in [0.1, 0.15) is 11.3 Å². The van der Waals surface area contributed by atoms with Crippen LogP contribution in [0, 0.1) is 0 Å². The molecule has 0 amide bonds. The Morgan fingerprint density at radius 3 is 2.74 bits per heavy atom. The third kappa shape index (κ3) is 5.18. The highest BCUT2D eigenvalue weighted by atomic mass is 32.2. The summed E-state index contributed by atoms with van der Waals surface area (Å²) in [7, 11) is 1.44. The van der Waals surface area contributed by atoms with Crippen LogP contribution in [0.2, 0.25) is 0 Å². The molecule has 0 spiro atoms. The second-order valence-corrected chi connectivity index (χ2v) is 5.07. The largest absolute Gasteiger partial charge is 0.496 e. The van der Waals surface area contributed by atoms with Gasteiger partial charge in [-0.2, -0.15) is 0 Å². The number of hydrogen-bond donors (Lipinski definition) is 1. The van der Waals surface area contributed by atoms with E-state index >= 15 is 0 Å². The van der Waals surface area contributed by atoms with Gasteiger partial charge in [0.15, 0.2) is 5.12 Å². The van der Waals surface area contributed by atoms with E-state index < -0.39 is 5.97 Å². The van der Waals surface area contributed by atoms with E-state index in [0.717, 1.165) is 17.7 Å². The summed E-state index contributed by atoms with van der Waals surface area (Å²) in [5.74, 6) is 0.0777. The predicted octanol–water partition coefficient (Wildman–Crippen LogP) is 3.08. The van der Waals surface area contributed by atoms with Gasteiger partial charge < -0.3 is 9.84 Å². The second-order valence-electron chi connectivity index (χ2n) is 3.80. The molecule has 0 aliphatic heterocycles. The van der Waals surface area contributed by atoms with Crippen LogP contribution in [-0.4, -0.2) is 29.1 Å². The number of hydrogen-bond acceptors (Lipinski definition) is 4. The number of ether oxygens (including phenoxy) is 1. The summed E-state index contributed by atoms with van der Waals surface area (Å²) in [6, 6.07) is 4.92. The maximum absolute atomic E-state index is 10.9. The lowest BCUT2D eigenvalue weighted by Gasteiger charge is -2.05. The van der Waals surface area contributed by atoms with Crippen molar-refractivity contribution in [3.8, 4) is 5.75 Å². The molecule has 0 bridgehead atoms. The van der Waals surface area contributed by atoms with E-state index in [1.807, 2.05) is 12.2 Å². The molecule has 0 aliphatic carbocycles. The number of allylic oxidation sites excluding steroid dienone is 1. The average Bonchev–Trinajstić information content (AvgIpc) is 2.37. The van der Waals surface area contributed by atoms with Crippen molar-refractivity contribution in [2.45, 2.75) is 13.3 Å². The minimum Gasteiger partial charge on any atom is -0.496 e. The number of carboxylic acids is 1. The average molecular weight is 280 g/mol. The molecule has 0 unspecified atom stereocenters. The van der Waals surface area contributed by atoms with E-state index in [-0.39, 0.29) is 10.7 Å². The SMILES string of the molecule is COc1cc(C=CCCSC(C)=O)ccc1C(=O)O. The molecule has 4 nitrogen and oxygen atoms in total. The minimum absolute atomic E-state index is 0.112. The first-order chi connectivity index (χ1) is 9.04. The van der Waals surface area contributed by atoms with Gasteiger partial charge in [-0.05, 0) is 24.1 Å². The maximum Gasteiger partial charge on any atom is 0.339 e. The van der Waals surface area contributed by atoms with Crippen LogP contribution in [0.25, 0.3) is 6.08 Å². The number of methoxy groups -OCH3 is 1. The summed E-state index contributed by atoms with van der Waals surface area (Å²) in [5.41, 5.74) is 1.02. The molecular formula is C14H16O4S. The van der Waals surface area contributed by atoms with Crippen molar-refractivity contribution < 1.29 is 19.4 Å². The fourth-order valence-electron chi connectivity index (χ4n) is 1.48. The molecule has 19 heavy (non-hydrogen) atoms. The Morgan fingerprint density at radius 1 is 1.42 bits per heavy atom. The van der Waals surface area contributed by atoms with Crippen molar-refractivity contribution in [2.24, 2.45) is 0 Å². The molecule has 0 radical (unpaired) electrons. The number of carbonyl (C=O) groups is 2. The highest BCUT2D eigenvalue weighted by molar-refractivity contribution is 8.13. The lowest BCUT2D eigenvalue weighted by atomic mass is 10.1. The molecule has 1 N–H and O–H groups in total. The fourth-order valence-corrected chi connectivity index (χ4v) is 2.02. The van der Waals surface area contributed by atoms with E-state index in [0.29, 0.717) is 5.75 Å². The number of thioether (sulfide) groups is 1. The molecule has 0 aliphatic rings. The predicted molar refractivity (Wildman–Crippen MR) is 76.7 cm³/mol. The van der Waals surface area contributed by atoms with Crippen molar-refractivity contribution in [1.82, 2.24) is 0 Å². The number of aromatic carboxylic acids is 1. The van der Waals surface area contributed by atoms with Crippen molar-refractivity contribution in [1.29, 1.82) is 0 Å². The Kier molecular flexibility index (Phi) is 6.15. The Hall–Kier alpha value is -1.75. The number of rotatable bonds is 6. The number of carboxylic acid groups (broad SMARTS) is 1. The first-order valence-corrected chi connectivity index (χ1v) is 6.74. The van der Waals surface area contributed by atoms with Crippen molar-refractivity contribution in [3.05, 3.63) is 35.4 Å². The molecule has 0 saturated heterocycles. The molecule has 5 heteroatoms. The Bertz CT molecular complexity index is 494. The van der Waals surface area contributed by atoms with E-state index in [4.69, 9.17) is 9.84 Å². The van der Waals surface area contributed by atoms with Gasteiger partial charge in [-0.3, -0.25) is 4.79 Å². The van der Waals surface area contributed by atoms with Gasteiger partial charge in [0, 0.05) is 12.7 Å². The number of benzene rings is 1. The van der Waals surface area contributed by atoms with Crippen LogP contribution in [-0.2, 0) is 4.79 Å². The monoisotopic (exact) mass is 280 g/mol. The number of carbonyl (C=O) groups excluding carboxylic acids is 1. The molecule has 0 atom stereocenters. The summed E-state index contributed by atoms with van der Waals surface area (Å²) < 4.78 is 5.04. The van der Waals surface area contributed by atoms with Crippen LogP contribution < -0.4 is 4.74 Å². The molecule has 0 saturated carbocycles. The first kappa shape index (κ1) is 15.3. The van der Waals surface area contributed by atoms with Gasteiger partial charge in [-0.1, -0.05) is 30.0 Å². The lowest BCUT2D eigenvalue weighted by molar-refractivity contribution is -0.109. The van der Waals surface area contributed by atoms with Crippen molar-refractivity contribution in [3.63, 3.8) is 0 Å². The van der Waals surface area contributed by atoms with Crippen LogP contribution in [0.15, 0.2) is 24.3 Å². The van der Waals surface area contributed by atoms with E-state index in [1.54, 1.807) is 19.1 Å². The smallest absolute Gasteiger partial charge is 0.339 e. The highest BCUT2D eigenvalue weighted by Crippen LogP contribution is 2.21. The van der Waals surface area contributed by atoms with Gasteiger partial charge in [0.05, 0.1) is 7.11 Å². The van der Waals surface area contributed by atoms with Crippen molar-refractivity contribution in [2.75, 3.05) is 12.9 Å². The third-order valence-electron chi connectivity index (χ3n) is 2.36. The Labute approximate surface area is 116 Å². The lowest BCUT2D eigenvalue weighted by Crippen LogP contribution is -2.00. The second kappa shape index (κ2) is 7.63. The van der Waals surface area contributed by atoms with Crippen LogP contribution in [0.3, 0.4) is 0 Å². The van der Waals surface area contributed by atoms with Crippen molar-refractivity contribution >= 4 is 28.9 Å². The Balaban J connectivity index is 2.67. The third-order valence-corrected chi connectivity index (χ3v) is 3.20. The van der Waals surface area contributed by atoms with Crippen LogP contribution in [0.4, 0.5) is 0 Å². The molecule has 0 fully saturated rings. The van der Waals surface area contributed by atoms with E-state index in [2.05, 4.69) is 0 Å². The molecule has 1 aromatic carbocycles. The molecule has 102 valence electrons. The molecule has 1 aromatic rings. The topological polar surface area (TPSA) is 63.6 Å². The highest BCUT2D eigenvalue weighted by Gasteiger charge is 2.10. The zero-order valence-corrected chi connectivity index (χ0v) is 11.7. The van der Waals surface area contributed by atoms with Gasteiger partial charge in [0.2, 0.25) is 0 Å². The van der Waals surface area contributed by atoms with Gasteiger partial charge in [0.25, 0.3) is 0 Å². The maximum atomic E-state index is 10.9. The molecule has 0 aromatic heterocycles. The normalized spacial score (nSPS) is 10.6. The van der Waals surface area contributed by atoms with Gasteiger partial charge in [-0.25, -0.2) is 4.79 Å². The summed E-state index contributed by atoms with van der Waals surface area (Å²) in [6.45, 7) is 1.55. The Morgan fingerprint density at radius 2 is 2.16 bits per heavy atom. The van der Waals surface area contributed by atoms with E-state index in [1.165, 1.54) is 24.9 Å². The van der Waals surface area contributed by atoms with Crippen LogP contribution in [0.1, 0.15) is 29.3 Å².